The summed E-state index contributed by atoms with van der Waals surface area (Å²) in [6.45, 7) is 6.21. The van der Waals surface area contributed by atoms with Gasteiger partial charge in [0.15, 0.2) is 0 Å². The van der Waals surface area contributed by atoms with Gasteiger partial charge in [-0.15, -0.1) is 24.8 Å². The molecular weight excluding hydrogens is 361 g/mol. The van der Waals surface area contributed by atoms with E-state index < -0.39 is 0 Å². The number of hydrogen-bond acceptors (Lipinski definition) is 4. The largest absolute Gasteiger partial charge is 0.379 e. The van der Waals surface area contributed by atoms with E-state index in [-0.39, 0.29) is 42.8 Å². The number of halogens is 2. The lowest BCUT2D eigenvalue weighted by atomic mass is 10.0. The zero-order valence-corrected chi connectivity index (χ0v) is 16.5. The number of benzene rings is 1. The number of morpholine rings is 1. The van der Waals surface area contributed by atoms with Crippen molar-refractivity contribution in [3.05, 3.63) is 35.9 Å². The van der Waals surface area contributed by atoms with E-state index in [0.717, 1.165) is 45.7 Å². The topological polar surface area (TPSA) is 67.6 Å². The Balaban J connectivity index is 0.00000288. The molecule has 0 bridgehead atoms. The van der Waals surface area contributed by atoms with Gasteiger partial charge in [0.05, 0.1) is 13.2 Å². The van der Waals surface area contributed by atoms with Gasteiger partial charge in [0.1, 0.15) is 0 Å². The van der Waals surface area contributed by atoms with Crippen molar-refractivity contribution in [1.29, 1.82) is 0 Å². The lowest BCUT2D eigenvalue weighted by Crippen LogP contribution is -2.48. The molecular formula is C18H31Cl2N3O2. The minimum Gasteiger partial charge on any atom is -0.379 e. The van der Waals surface area contributed by atoms with E-state index in [1.807, 2.05) is 25.1 Å². The second-order valence-corrected chi connectivity index (χ2v) is 6.38. The van der Waals surface area contributed by atoms with Gasteiger partial charge in [-0.3, -0.25) is 9.69 Å². The van der Waals surface area contributed by atoms with Gasteiger partial charge in [-0.2, -0.15) is 0 Å². The van der Waals surface area contributed by atoms with Crippen molar-refractivity contribution >= 4 is 30.7 Å². The highest BCUT2D eigenvalue weighted by Crippen LogP contribution is 2.07. The Morgan fingerprint density at radius 3 is 2.48 bits per heavy atom. The van der Waals surface area contributed by atoms with Crippen LogP contribution in [-0.4, -0.2) is 55.7 Å². The molecule has 1 aliphatic rings. The molecule has 1 aromatic carbocycles. The minimum absolute atomic E-state index is 0. The van der Waals surface area contributed by atoms with Crippen LogP contribution in [0.15, 0.2) is 30.3 Å². The van der Waals surface area contributed by atoms with Crippen LogP contribution in [0.1, 0.15) is 25.3 Å². The van der Waals surface area contributed by atoms with Gasteiger partial charge >= 0.3 is 0 Å². The van der Waals surface area contributed by atoms with Gasteiger partial charge in [0, 0.05) is 38.1 Å². The highest BCUT2D eigenvalue weighted by molar-refractivity contribution is 5.85. The molecule has 1 heterocycles. The summed E-state index contributed by atoms with van der Waals surface area (Å²) in [6, 6.07) is 10.5. The predicted octanol–water partition coefficient (Wildman–Crippen LogP) is 2.02. The van der Waals surface area contributed by atoms with Crippen LogP contribution in [0.5, 0.6) is 0 Å². The maximum Gasteiger partial charge on any atom is 0.220 e. The van der Waals surface area contributed by atoms with Gasteiger partial charge < -0.3 is 15.8 Å². The van der Waals surface area contributed by atoms with Crippen LogP contribution in [0.2, 0.25) is 0 Å². The zero-order chi connectivity index (χ0) is 16.5. The van der Waals surface area contributed by atoms with Crippen molar-refractivity contribution in [2.45, 2.75) is 38.3 Å². The van der Waals surface area contributed by atoms with Gasteiger partial charge in [-0.25, -0.2) is 0 Å². The summed E-state index contributed by atoms with van der Waals surface area (Å²) in [4.78, 5) is 14.5. The number of amides is 1. The first-order valence-corrected chi connectivity index (χ1v) is 8.52. The van der Waals surface area contributed by atoms with Gasteiger partial charge in [-0.05, 0) is 25.3 Å². The Hall–Kier alpha value is -0.850. The number of ether oxygens (including phenoxy) is 1. The highest BCUT2D eigenvalue weighted by atomic mass is 35.5. The summed E-state index contributed by atoms with van der Waals surface area (Å²) in [5, 5.41) is 3.19. The molecule has 1 fully saturated rings. The summed E-state index contributed by atoms with van der Waals surface area (Å²) in [6.07, 6.45) is 2.07. The third-order valence-electron chi connectivity index (χ3n) is 4.10. The lowest BCUT2D eigenvalue weighted by molar-refractivity contribution is -0.122. The van der Waals surface area contributed by atoms with Crippen LogP contribution in [0, 0.1) is 0 Å². The average Bonchev–Trinajstić information content (AvgIpc) is 2.55. The first-order valence-electron chi connectivity index (χ1n) is 8.52. The van der Waals surface area contributed by atoms with Crippen LogP contribution in [0.4, 0.5) is 0 Å². The van der Waals surface area contributed by atoms with E-state index in [2.05, 4.69) is 22.3 Å². The van der Waals surface area contributed by atoms with Crippen LogP contribution in [0.3, 0.4) is 0 Å². The zero-order valence-electron chi connectivity index (χ0n) is 14.9. The number of nitrogens with two attached hydrogens (primary N) is 1. The molecule has 2 atom stereocenters. The van der Waals surface area contributed by atoms with Crippen LogP contribution >= 0.6 is 24.8 Å². The fraction of sp³-hybridized carbons (Fsp3) is 0.611. The molecule has 144 valence electrons. The number of rotatable bonds is 8. The number of carbonyl (C=O) groups is 1. The standard InChI is InChI=1S/C18H29N3O2.2ClH/c1-15(19)7-8-18(22)20-17(13-16-5-3-2-4-6-16)14-21-9-11-23-12-10-21;;/h2-6,15,17H,7-14,19H2,1H3,(H,20,22);2*1H. The van der Waals surface area contributed by atoms with Crippen molar-refractivity contribution in [2.24, 2.45) is 5.73 Å². The quantitative estimate of drug-likeness (QED) is 0.710. The van der Waals surface area contributed by atoms with E-state index in [1.54, 1.807) is 0 Å². The van der Waals surface area contributed by atoms with E-state index in [9.17, 15) is 4.79 Å². The van der Waals surface area contributed by atoms with Gasteiger partial charge in [-0.1, -0.05) is 30.3 Å². The summed E-state index contributed by atoms with van der Waals surface area (Å²) >= 11 is 0. The molecule has 0 radical (unpaired) electrons. The van der Waals surface area contributed by atoms with Crippen molar-refractivity contribution in [3.63, 3.8) is 0 Å². The normalized spacial score (nSPS) is 16.9. The molecule has 2 rings (SSSR count). The molecule has 2 unspecified atom stereocenters. The monoisotopic (exact) mass is 391 g/mol. The molecule has 5 nitrogen and oxygen atoms in total. The summed E-state index contributed by atoms with van der Waals surface area (Å²) in [7, 11) is 0. The maximum atomic E-state index is 12.2. The van der Waals surface area contributed by atoms with Crippen molar-refractivity contribution in [1.82, 2.24) is 10.2 Å². The molecule has 1 amide bonds. The second-order valence-electron chi connectivity index (χ2n) is 6.38. The molecule has 0 saturated carbocycles. The summed E-state index contributed by atoms with van der Waals surface area (Å²) in [5.41, 5.74) is 6.99. The van der Waals surface area contributed by atoms with E-state index in [1.165, 1.54) is 5.56 Å². The Morgan fingerprint density at radius 1 is 1.24 bits per heavy atom. The molecule has 1 saturated heterocycles. The Bertz CT molecular complexity index is 469. The Morgan fingerprint density at radius 2 is 1.88 bits per heavy atom. The minimum atomic E-state index is 0. The van der Waals surface area contributed by atoms with Crippen molar-refractivity contribution in [2.75, 3.05) is 32.8 Å². The molecule has 1 aromatic rings. The number of hydrogen-bond donors (Lipinski definition) is 2. The maximum absolute atomic E-state index is 12.2. The first kappa shape index (κ1) is 24.1. The third kappa shape index (κ3) is 10.0. The number of carbonyl (C=O) groups excluding carboxylic acids is 1. The molecule has 0 aromatic heterocycles. The Kier molecular flexibility index (Phi) is 12.9. The van der Waals surface area contributed by atoms with Crippen molar-refractivity contribution in [3.8, 4) is 0 Å². The number of nitrogens with zero attached hydrogens (tertiary/aromatic N) is 1. The van der Waals surface area contributed by atoms with Crippen LogP contribution < -0.4 is 11.1 Å². The molecule has 3 N–H and O–H groups in total. The van der Waals surface area contributed by atoms with E-state index in [0.29, 0.717) is 6.42 Å². The lowest BCUT2D eigenvalue weighted by Gasteiger charge is -2.31. The average molecular weight is 392 g/mol. The van der Waals surface area contributed by atoms with E-state index >= 15 is 0 Å². The molecule has 0 aliphatic carbocycles. The van der Waals surface area contributed by atoms with Gasteiger partial charge in [0.2, 0.25) is 5.91 Å². The molecule has 7 heteroatoms. The fourth-order valence-electron chi connectivity index (χ4n) is 2.81. The number of nitrogens with one attached hydrogen (secondary N) is 1. The second kappa shape index (κ2) is 13.4. The molecule has 25 heavy (non-hydrogen) atoms. The summed E-state index contributed by atoms with van der Waals surface area (Å²) in [5.74, 6) is 0.0940. The predicted molar refractivity (Wildman–Crippen MR) is 107 cm³/mol. The fourth-order valence-corrected chi connectivity index (χ4v) is 2.81. The Labute approximate surface area is 163 Å². The van der Waals surface area contributed by atoms with Crippen LogP contribution in [0.25, 0.3) is 0 Å². The van der Waals surface area contributed by atoms with Crippen LogP contribution in [-0.2, 0) is 16.0 Å². The highest BCUT2D eigenvalue weighted by Gasteiger charge is 2.19. The van der Waals surface area contributed by atoms with Gasteiger partial charge in [0.25, 0.3) is 0 Å². The SMILES string of the molecule is CC(N)CCC(=O)NC(Cc1ccccc1)CN1CCOCC1.Cl.Cl. The molecule has 0 spiro atoms. The van der Waals surface area contributed by atoms with E-state index in [4.69, 9.17) is 10.5 Å². The first-order chi connectivity index (χ1) is 11.1. The smallest absolute Gasteiger partial charge is 0.220 e. The molecule has 1 aliphatic heterocycles. The summed E-state index contributed by atoms with van der Waals surface area (Å²) < 4.78 is 5.40. The third-order valence-corrected chi connectivity index (χ3v) is 4.10. The van der Waals surface area contributed by atoms with Crippen molar-refractivity contribution < 1.29 is 9.53 Å².